The van der Waals surface area contributed by atoms with Gasteiger partial charge in [-0.3, -0.25) is 0 Å². The standard InChI is InChI=1S/C13H14FNO2/c1-8(2)7-11-13(16)17-12(15-11)9-5-3-4-6-10(9)14/h3-6,8,11H,7H2,1-2H3/t11-/m1/s1. The molecule has 0 aliphatic carbocycles. The first-order valence-electron chi connectivity index (χ1n) is 5.62. The molecule has 0 saturated heterocycles. The summed E-state index contributed by atoms with van der Waals surface area (Å²) in [5, 5.41) is 0. The number of cyclic esters (lactones) is 1. The number of rotatable bonds is 3. The zero-order chi connectivity index (χ0) is 12.4. The van der Waals surface area contributed by atoms with Crippen molar-refractivity contribution < 1.29 is 13.9 Å². The van der Waals surface area contributed by atoms with Crippen molar-refractivity contribution in [3.05, 3.63) is 35.6 Å². The van der Waals surface area contributed by atoms with Crippen LogP contribution in [0.5, 0.6) is 0 Å². The predicted octanol–water partition coefficient (Wildman–Crippen LogP) is 2.54. The lowest BCUT2D eigenvalue weighted by atomic mass is 10.1. The molecule has 0 bridgehead atoms. The summed E-state index contributed by atoms with van der Waals surface area (Å²) in [6, 6.07) is 5.65. The van der Waals surface area contributed by atoms with Crippen molar-refractivity contribution in [1.29, 1.82) is 0 Å². The molecule has 90 valence electrons. The molecule has 0 aromatic heterocycles. The summed E-state index contributed by atoms with van der Waals surface area (Å²) in [4.78, 5) is 15.7. The van der Waals surface area contributed by atoms with Crippen LogP contribution in [-0.4, -0.2) is 17.9 Å². The number of ether oxygens (including phenoxy) is 1. The summed E-state index contributed by atoms with van der Waals surface area (Å²) < 4.78 is 18.5. The summed E-state index contributed by atoms with van der Waals surface area (Å²) in [6.07, 6.45) is 0.622. The second-order valence-corrected chi connectivity index (χ2v) is 4.48. The molecule has 17 heavy (non-hydrogen) atoms. The molecule has 4 heteroatoms. The quantitative estimate of drug-likeness (QED) is 0.755. The number of aliphatic imine (C=N–C) groups is 1. The normalized spacial score (nSPS) is 19.4. The molecule has 3 nitrogen and oxygen atoms in total. The highest BCUT2D eigenvalue weighted by Gasteiger charge is 2.31. The van der Waals surface area contributed by atoms with Crippen LogP contribution in [0.15, 0.2) is 29.3 Å². The minimum absolute atomic E-state index is 0.0961. The van der Waals surface area contributed by atoms with Gasteiger partial charge in [0.15, 0.2) is 6.04 Å². The van der Waals surface area contributed by atoms with Crippen LogP contribution in [0.3, 0.4) is 0 Å². The molecule has 2 rings (SSSR count). The highest BCUT2D eigenvalue weighted by atomic mass is 19.1. The van der Waals surface area contributed by atoms with Gasteiger partial charge in [-0.2, -0.15) is 0 Å². The molecule has 0 spiro atoms. The van der Waals surface area contributed by atoms with Gasteiger partial charge < -0.3 is 4.74 Å². The number of carbonyl (C=O) groups is 1. The van der Waals surface area contributed by atoms with Crippen LogP contribution in [0.1, 0.15) is 25.8 Å². The summed E-state index contributed by atoms with van der Waals surface area (Å²) in [5.41, 5.74) is 0.243. The van der Waals surface area contributed by atoms with E-state index in [1.807, 2.05) is 13.8 Å². The maximum absolute atomic E-state index is 13.5. The number of hydrogen-bond donors (Lipinski definition) is 0. The van der Waals surface area contributed by atoms with Crippen molar-refractivity contribution >= 4 is 11.9 Å². The van der Waals surface area contributed by atoms with E-state index >= 15 is 0 Å². The van der Waals surface area contributed by atoms with Crippen LogP contribution >= 0.6 is 0 Å². The van der Waals surface area contributed by atoms with Gasteiger partial charge in [-0.1, -0.05) is 26.0 Å². The van der Waals surface area contributed by atoms with Crippen molar-refractivity contribution in [1.82, 2.24) is 0 Å². The summed E-state index contributed by atoms with van der Waals surface area (Å²) in [7, 11) is 0. The molecular formula is C13H14FNO2. The molecule has 1 aromatic carbocycles. The largest absolute Gasteiger partial charge is 0.405 e. The second-order valence-electron chi connectivity index (χ2n) is 4.48. The highest BCUT2D eigenvalue weighted by molar-refractivity contribution is 6.06. The second kappa shape index (κ2) is 4.65. The minimum atomic E-state index is -0.496. The van der Waals surface area contributed by atoms with Gasteiger partial charge in [0, 0.05) is 0 Å². The number of esters is 1. The van der Waals surface area contributed by atoms with E-state index in [9.17, 15) is 9.18 Å². The molecule has 1 aliphatic heterocycles. The van der Waals surface area contributed by atoms with Crippen LogP contribution in [0.4, 0.5) is 4.39 Å². The van der Waals surface area contributed by atoms with Crippen molar-refractivity contribution in [2.75, 3.05) is 0 Å². The summed E-state index contributed by atoms with van der Waals surface area (Å²) >= 11 is 0. The van der Waals surface area contributed by atoms with Gasteiger partial charge in [0.05, 0.1) is 5.56 Å². The van der Waals surface area contributed by atoms with Gasteiger partial charge in [0.25, 0.3) is 0 Å². The number of carbonyl (C=O) groups excluding carboxylic acids is 1. The van der Waals surface area contributed by atoms with Crippen molar-refractivity contribution in [2.24, 2.45) is 10.9 Å². The Kier molecular flexibility index (Phi) is 3.22. The molecule has 0 amide bonds. The Bertz CT molecular complexity index is 468. The first-order chi connectivity index (χ1) is 8.08. The molecule has 0 saturated carbocycles. The average Bonchev–Trinajstić information content (AvgIpc) is 2.60. The molecule has 1 atom stereocenters. The number of halogens is 1. The zero-order valence-corrected chi connectivity index (χ0v) is 9.81. The molecule has 0 unspecified atom stereocenters. The minimum Gasteiger partial charge on any atom is -0.405 e. The lowest BCUT2D eigenvalue weighted by molar-refractivity contribution is -0.135. The van der Waals surface area contributed by atoms with Crippen molar-refractivity contribution in [2.45, 2.75) is 26.3 Å². The van der Waals surface area contributed by atoms with E-state index in [4.69, 9.17) is 4.74 Å². The molecule has 1 heterocycles. The summed E-state index contributed by atoms with van der Waals surface area (Å²) in [5.74, 6) is -0.378. The molecule has 0 radical (unpaired) electrons. The fourth-order valence-corrected chi connectivity index (χ4v) is 1.74. The Morgan fingerprint density at radius 3 is 2.76 bits per heavy atom. The van der Waals surface area contributed by atoms with Crippen LogP contribution in [0.2, 0.25) is 0 Å². The van der Waals surface area contributed by atoms with Crippen molar-refractivity contribution in [3.8, 4) is 0 Å². The number of nitrogens with zero attached hydrogens (tertiary/aromatic N) is 1. The van der Waals surface area contributed by atoms with Crippen LogP contribution in [0, 0.1) is 11.7 Å². The van der Waals surface area contributed by atoms with Crippen LogP contribution in [0.25, 0.3) is 0 Å². The monoisotopic (exact) mass is 235 g/mol. The molecule has 1 aromatic rings. The van der Waals surface area contributed by atoms with E-state index in [-0.39, 0.29) is 11.5 Å². The van der Waals surface area contributed by atoms with Gasteiger partial charge in [-0.05, 0) is 24.5 Å². The third-order valence-corrected chi connectivity index (χ3v) is 2.54. The van der Waals surface area contributed by atoms with Gasteiger partial charge in [0.2, 0.25) is 5.90 Å². The third-order valence-electron chi connectivity index (χ3n) is 2.54. The van der Waals surface area contributed by atoms with E-state index in [0.717, 1.165) is 0 Å². The number of benzene rings is 1. The third kappa shape index (κ3) is 2.52. The lowest BCUT2D eigenvalue weighted by Gasteiger charge is -2.05. The summed E-state index contributed by atoms with van der Waals surface area (Å²) in [6.45, 7) is 4.01. The van der Waals surface area contributed by atoms with Gasteiger partial charge >= 0.3 is 5.97 Å². The van der Waals surface area contributed by atoms with Crippen LogP contribution < -0.4 is 0 Å². The Labute approximate surface area is 99.3 Å². The lowest BCUT2D eigenvalue weighted by Crippen LogP contribution is -2.17. The van der Waals surface area contributed by atoms with Crippen LogP contribution in [-0.2, 0) is 9.53 Å². The zero-order valence-electron chi connectivity index (χ0n) is 9.81. The van der Waals surface area contributed by atoms with E-state index in [0.29, 0.717) is 12.3 Å². The Balaban J connectivity index is 2.24. The van der Waals surface area contributed by atoms with E-state index < -0.39 is 17.8 Å². The van der Waals surface area contributed by atoms with Gasteiger partial charge in [0.1, 0.15) is 5.82 Å². The van der Waals surface area contributed by atoms with E-state index in [1.165, 1.54) is 6.07 Å². The maximum Gasteiger partial charge on any atom is 0.337 e. The first kappa shape index (κ1) is 11.8. The molecule has 0 fully saturated rings. The Morgan fingerprint density at radius 1 is 1.41 bits per heavy atom. The van der Waals surface area contributed by atoms with E-state index in [2.05, 4.69) is 4.99 Å². The highest BCUT2D eigenvalue weighted by Crippen LogP contribution is 2.20. The smallest absolute Gasteiger partial charge is 0.337 e. The van der Waals surface area contributed by atoms with E-state index in [1.54, 1.807) is 18.2 Å². The topological polar surface area (TPSA) is 38.7 Å². The Hall–Kier alpha value is -1.71. The maximum atomic E-state index is 13.5. The first-order valence-corrected chi connectivity index (χ1v) is 5.62. The van der Waals surface area contributed by atoms with Gasteiger partial charge in [-0.15, -0.1) is 0 Å². The number of hydrogen-bond acceptors (Lipinski definition) is 3. The fourth-order valence-electron chi connectivity index (χ4n) is 1.74. The predicted molar refractivity (Wildman–Crippen MR) is 62.3 cm³/mol. The molecule has 0 N–H and O–H groups in total. The average molecular weight is 235 g/mol. The van der Waals surface area contributed by atoms with Crippen molar-refractivity contribution in [3.63, 3.8) is 0 Å². The molecular weight excluding hydrogens is 221 g/mol. The fraction of sp³-hybridized carbons (Fsp3) is 0.385. The van der Waals surface area contributed by atoms with Gasteiger partial charge in [-0.25, -0.2) is 14.2 Å². The SMILES string of the molecule is CC(C)C[C@H]1N=C(c2ccccc2F)OC1=O. The molecule has 1 aliphatic rings. The Morgan fingerprint density at radius 2 is 2.12 bits per heavy atom.